The van der Waals surface area contributed by atoms with Gasteiger partial charge in [0.05, 0.1) is 17.7 Å². The average Bonchev–Trinajstić information content (AvgIpc) is 2.36. The van der Waals surface area contributed by atoms with Gasteiger partial charge in [0.1, 0.15) is 5.82 Å². The number of hydrogen-bond acceptors (Lipinski definition) is 3. The third-order valence-corrected chi connectivity index (χ3v) is 2.70. The molecule has 0 spiro atoms. The average molecular weight is 276 g/mol. The van der Waals surface area contributed by atoms with Gasteiger partial charge in [-0.05, 0) is 24.6 Å². The molecule has 3 nitrogen and oxygen atoms in total. The van der Waals surface area contributed by atoms with E-state index in [0.717, 1.165) is 12.8 Å². The second-order valence-corrected chi connectivity index (χ2v) is 4.50. The van der Waals surface area contributed by atoms with E-state index in [1.54, 1.807) is 6.07 Å². The van der Waals surface area contributed by atoms with Crippen LogP contribution >= 0.6 is 11.6 Å². The van der Waals surface area contributed by atoms with Crippen LogP contribution in [0.15, 0.2) is 18.2 Å². The first-order valence-corrected chi connectivity index (χ1v) is 6.46. The molecule has 0 saturated heterocycles. The summed E-state index contributed by atoms with van der Waals surface area (Å²) in [5, 5.41) is 12.7. The topological polar surface area (TPSA) is 41.5 Å². The van der Waals surface area contributed by atoms with Gasteiger partial charge < -0.3 is 15.2 Å². The summed E-state index contributed by atoms with van der Waals surface area (Å²) in [5.41, 5.74) is 0.675. The summed E-state index contributed by atoms with van der Waals surface area (Å²) in [4.78, 5) is 0. The number of nitrogens with one attached hydrogen (secondary N) is 1. The number of benzene rings is 1. The third-order valence-electron chi connectivity index (χ3n) is 2.41. The molecule has 1 atom stereocenters. The van der Waals surface area contributed by atoms with Gasteiger partial charge in [-0.1, -0.05) is 24.9 Å². The Hall–Kier alpha value is -0.840. The molecule has 0 heterocycles. The predicted octanol–water partition coefficient (Wildman–Crippen LogP) is 3.07. The van der Waals surface area contributed by atoms with Crippen LogP contribution < -0.4 is 5.32 Å². The smallest absolute Gasteiger partial charge is 0.141 e. The van der Waals surface area contributed by atoms with Crippen molar-refractivity contribution in [3.8, 4) is 0 Å². The summed E-state index contributed by atoms with van der Waals surface area (Å²) in [7, 11) is 0. The van der Waals surface area contributed by atoms with Gasteiger partial charge in [-0.2, -0.15) is 0 Å². The van der Waals surface area contributed by atoms with Crippen LogP contribution in [0.1, 0.15) is 19.8 Å². The molecule has 18 heavy (non-hydrogen) atoms. The Morgan fingerprint density at radius 1 is 1.50 bits per heavy atom. The van der Waals surface area contributed by atoms with Gasteiger partial charge in [0, 0.05) is 18.8 Å². The lowest BCUT2D eigenvalue weighted by atomic mass is 10.3. The maximum absolute atomic E-state index is 12.9. The Morgan fingerprint density at radius 2 is 2.28 bits per heavy atom. The zero-order chi connectivity index (χ0) is 13.4. The van der Waals surface area contributed by atoms with E-state index in [2.05, 4.69) is 12.2 Å². The van der Waals surface area contributed by atoms with E-state index >= 15 is 0 Å². The van der Waals surface area contributed by atoms with Crippen molar-refractivity contribution < 1.29 is 14.2 Å². The lowest BCUT2D eigenvalue weighted by Gasteiger charge is -2.13. The van der Waals surface area contributed by atoms with Crippen molar-refractivity contribution in [1.29, 1.82) is 0 Å². The SMILES string of the molecule is CCCCOCC(O)CNc1ccc(F)c(Cl)c1. The van der Waals surface area contributed by atoms with Crippen molar-refractivity contribution in [3.63, 3.8) is 0 Å². The highest BCUT2D eigenvalue weighted by Gasteiger charge is 2.05. The van der Waals surface area contributed by atoms with Crippen LogP contribution in [0.25, 0.3) is 0 Å². The molecule has 1 aromatic carbocycles. The van der Waals surface area contributed by atoms with Crippen molar-refractivity contribution in [2.75, 3.05) is 25.1 Å². The molecule has 1 unspecified atom stereocenters. The first kappa shape index (κ1) is 15.2. The van der Waals surface area contributed by atoms with Crippen LogP contribution in [-0.4, -0.2) is 31.0 Å². The molecule has 0 fully saturated rings. The summed E-state index contributed by atoms with van der Waals surface area (Å²) in [5.74, 6) is -0.453. The van der Waals surface area contributed by atoms with Gasteiger partial charge in [-0.3, -0.25) is 0 Å². The summed E-state index contributed by atoms with van der Waals surface area (Å²) in [6.45, 7) is 3.38. The fourth-order valence-electron chi connectivity index (χ4n) is 1.37. The zero-order valence-corrected chi connectivity index (χ0v) is 11.2. The van der Waals surface area contributed by atoms with Crippen LogP contribution in [0.5, 0.6) is 0 Å². The van der Waals surface area contributed by atoms with Crippen LogP contribution in [0.3, 0.4) is 0 Å². The Labute approximate surface area is 112 Å². The van der Waals surface area contributed by atoms with Crippen molar-refractivity contribution in [2.24, 2.45) is 0 Å². The Kier molecular flexibility index (Phi) is 7.01. The molecule has 1 rings (SSSR count). The molecule has 102 valence electrons. The fourth-order valence-corrected chi connectivity index (χ4v) is 1.55. The molecule has 5 heteroatoms. The van der Waals surface area contributed by atoms with E-state index in [0.29, 0.717) is 25.4 Å². The number of anilines is 1. The van der Waals surface area contributed by atoms with E-state index in [1.807, 2.05) is 0 Å². The molecule has 2 N–H and O–H groups in total. The molecular weight excluding hydrogens is 257 g/mol. The Bertz CT molecular complexity index is 363. The van der Waals surface area contributed by atoms with Gasteiger partial charge in [-0.15, -0.1) is 0 Å². The number of aliphatic hydroxyl groups excluding tert-OH is 1. The second kappa shape index (κ2) is 8.29. The number of rotatable bonds is 8. The number of halogens is 2. The monoisotopic (exact) mass is 275 g/mol. The minimum absolute atomic E-state index is 0.0636. The quantitative estimate of drug-likeness (QED) is 0.717. The number of aliphatic hydroxyl groups is 1. The minimum Gasteiger partial charge on any atom is -0.389 e. The molecule has 0 aliphatic rings. The Morgan fingerprint density at radius 3 is 2.94 bits per heavy atom. The molecule has 0 saturated carbocycles. The van der Waals surface area contributed by atoms with Crippen LogP contribution in [0, 0.1) is 5.82 Å². The minimum atomic E-state index is -0.592. The van der Waals surface area contributed by atoms with Crippen molar-refractivity contribution in [1.82, 2.24) is 0 Å². The van der Waals surface area contributed by atoms with E-state index in [9.17, 15) is 9.50 Å². The largest absolute Gasteiger partial charge is 0.389 e. The standard InChI is InChI=1S/C13H19ClFNO2/c1-2-3-6-18-9-11(17)8-16-10-4-5-13(15)12(14)7-10/h4-5,7,11,16-17H,2-3,6,8-9H2,1H3. The molecule has 0 aliphatic heterocycles. The third kappa shape index (κ3) is 5.67. The number of ether oxygens (including phenoxy) is 1. The first-order valence-electron chi connectivity index (χ1n) is 6.08. The summed E-state index contributed by atoms with van der Waals surface area (Å²) < 4.78 is 18.2. The highest BCUT2D eigenvalue weighted by Crippen LogP contribution is 2.19. The molecule has 0 bridgehead atoms. The van der Waals surface area contributed by atoms with E-state index in [1.165, 1.54) is 12.1 Å². The van der Waals surface area contributed by atoms with E-state index < -0.39 is 11.9 Å². The number of unbranched alkanes of at least 4 members (excludes halogenated alkanes) is 1. The fraction of sp³-hybridized carbons (Fsp3) is 0.538. The van der Waals surface area contributed by atoms with Gasteiger partial charge in [-0.25, -0.2) is 4.39 Å². The van der Waals surface area contributed by atoms with E-state index in [4.69, 9.17) is 16.3 Å². The number of hydrogen-bond donors (Lipinski definition) is 2. The highest BCUT2D eigenvalue weighted by molar-refractivity contribution is 6.31. The highest BCUT2D eigenvalue weighted by atomic mass is 35.5. The summed E-state index contributed by atoms with van der Waals surface area (Å²) >= 11 is 5.65. The lowest BCUT2D eigenvalue weighted by Crippen LogP contribution is -2.25. The van der Waals surface area contributed by atoms with Crippen molar-refractivity contribution in [3.05, 3.63) is 29.0 Å². The maximum atomic E-state index is 12.9. The van der Waals surface area contributed by atoms with Crippen LogP contribution in [-0.2, 0) is 4.74 Å². The van der Waals surface area contributed by atoms with Crippen molar-refractivity contribution >= 4 is 17.3 Å². The van der Waals surface area contributed by atoms with Gasteiger partial charge >= 0.3 is 0 Å². The molecule has 0 amide bonds. The van der Waals surface area contributed by atoms with Gasteiger partial charge in [0.25, 0.3) is 0 Å². The molecule has 0 aliphatic carbocycles. The van der Waals surface area contributed by atoms with E-state index in [-0.39, 0.29) is 5.02 Å². The molecule has 1 aromatic rings. The zero-order valence-electron chi connectivity index (χ0n) is 10.5. The van der Waals surface area contributed by atoms with Gasteiger partial charge in [0.2, 0.25) is 0 Å². The van der Waals surface area contributed by atoms with Gasteiger partial charge in [0.15, 0.2) is 0 Å². The molecule has 0 aromatic heterocycles. The molecule has 0 radical (unpaired) electrons. The molecular formula is C13H19ClFNO2. The Balaban J connectivity index is 2.24. The normalized spacial score (nSPS) is 12.4. The maximum Gasteiger partial charge on any atom is 0.141 e. The van der Waals surface area contributed by atoms with Crippen molar-refractivity contribution in [2.45, 2.75) is 25.9 Å². The first-order chi connectivity index (χ1) is 8.63. The second-order valence-electron chi connectivity index (χ2n) is 4.09. The predicted molar refractivity (Wildman–Crippen MR) is 71.6 cm³/mol. The van der Waals surface area contributed by atoms with Crippen LogP contribution in [0.4, 0.5) is 10.1 Å². The summed E-state index contributed by atoms with van der Waals surface area (Å²) in [6, 6.07) is 4.35. The lowest BCUT2D eigenvalue weighted by molar-refractivity contribution is 0.0422. The summed E-state index contributed by atoms with van der Waals surface area (Å²) in [6.07, 6.45) is 1.47. The van der Waals surface area contributed by atoms with Crippen LogP contribution in [0.2, 0.25) is 5.02 Å².